The van der Waals surface area contributed by atoms with Crippen LogP contribution >= 0.6 is 11.6 Å². The van der Waals surface area contributed by atoms with E-state index >= 15 is 0 Å². The summed E-state index contributed by atoms with van der Waals surface area (Å²) in [7, 11) is 0. The van der Waals surface area contributed by atoms with Gasteiger partial charge in [0.1, 0.15) is 5.82 Å². The molecule has 0 fully saturated rings. The summed E-state index contributed by atoms with van der Waals surface area (Å²) < 4.78 is 15.3. The van der Waals surface area contributed by atoms with Crippen molar-refractivity contribution in [1.82, 2.24) is 9.61 Å². The van der Waals surface area contributed by atoms with Gasteiger partial charge in [0.05, 0.1) is 16.1 Å². The predicted molar refractivity (Wildman–Crippen MR) is 74.6 cm³/mol. The van der Waals surface area contributed by atoms with Crippen LogP contribution in [0.5, 0.6) is 0 Å². The third-order valence-corrected chi connectivity index (χ3v) is 3.16. The first-order chi connectivity index (χ1) is 9.65. The van der Waals surface area contributed by atoms with E-state index in [0.29, 0.717) is 5.69 Å². The van der Waals surface area contributed by atoms with Gasteiger partial charge >= 0.3 is 0 Å². The minimum Gasteiger partial charge on any atom is -0.322 e. The van der Waals surface area contributed by atoms with Crippen molar-refractivity contribution in [2.24, 2.45) is 0 Å². The van der Waals surface area contributed by atoms with E-state index in [2.05, 4.69) is 10.4 Å². The Kier molecular flexibility index (Phi) is 3.12. The molecule has 0 spiro atoms. The van der Waals surface area contributed by atoms with Crippen molar-refractivity contribution in [3.8, 4) is 0 Å². The number of hydrogen-bond donors (Lipinski definition) is 1. The number of halogens is 2. The first-order valence-corrected chi connectivity index (χ1v) is 6.22. The largest absolute Gasteiger partial charge is 0.322 e. The monoisotopic (exact) mass is 289 g/mol. The molecule has 3 aromatic rings. The van der Waals surface area contributed by atoms with Gasteiger partial charge in [-0.15, -0.1) is 0 Å². The maximum Gasteiger partial charge on any atom is 0.260 e. The van der Waals surface area contributed by atoms with Crippen LogP contribution in [0.4, 0.5) is 10.1 Å². The Morgan fingerprint density at radius 3 is 2.95 bits per heavy atom. The van der Waals surface area contributed by atoms with Crippen molar-refractivity contribution < 1.29 is 9.18 Å². The molecule has 1 aromatic carbocycles. The molecule has 0 saturated heterocycles. The molecule has 0 unspecified atom stereocenters. The number of nitrogens with one attached hydrogen (secondary N) is 1. The second-order valence-corrected chi connectivity index (χ2v) is 4.57. The normalized spacial score (nSPS) is 10.7. The van der Waals surface area contributed by atoms with Gasteiger partial charge in [-0.25, -0.2) is 8.91 Å². The van der Waals surface area contributed by atoms with E-state index < -0.39 is 11.7 Å². The number of benzene rings is 1. The summed E-state index contributed by atoms with van der Waals surface area (Å²) in [6.45, 7) is 0. The average Bonchev–Trinajstić information content (AvgIpc) is 2.85. The molecule has 0 atom stereocenters. The van der Waals surface area contributed by atoms with Gasteiger partial charge in [0.25, 0.3) is 5.91 Å². The minimum absolute atomic E-state index is 0.0768. The third-order valence-electron chi connectivity index (χ3n) is 2.85. The Hall–Kier alpha value is -2.40. The molecule has 0 aliphatic heterocycles. The van der Waals surface area contributed by atoms with Gasteiger partial charge in [-0.3, -0.25) is 4.79 Å². The standard InChI is InChI=1S/C14H9ClFN3O/c15-11-2-1-3-12(16)13(11)14(20)18-9-5-7-19-10(8-9)4-6-17-19/h1-8H,(H,18,20). The molecule has 6 heteroatoms. The molecule has 100 valence electrons. The number of fused-ring (bicyclic) bond motifs is 1. The quantitative estimate of drug-likeness (QED) is 0.786. The predicted octanol–water partition coefficient (Wildman–Crippen LogP) is 3.38. The molecule has 0 radical (unpaired) electrons. The van der Waals surface area contributed by atoms with Crippen LogP contribution < -0.4 is 5.32 Å². The number of pyridine rings is 1. The van der Waals surface area contributed by atoms with E-state index in [9.17, 15) is 9.18 Å². The second kappa shape index (κ2) is 4.94. The summed E-state index contributed by atoms with van der Waals surface area (Å²) in [6, 6.07) is 9.32. The Morgan fingerprint density at radius 1 is 1.30 bits per heavy atom. The molecule has 0 saturated carbocycles. The smallest absolute Gasteiger partial charge is 0.260 e. The highest BCUT2D eigenvalue weighted by atomic mass is 35.5. The van der Waals surface area contributed by atoms with Gasteiger partial charge in [0, 0.05) is 18.1 Å². The number of nitrogens with zero attached hydrogens (tertiary/aromatic N) is 2. The Balaban J connectivity index is 1.92. The van der Waals surface area contributed by atoms with Crippen molar-refractivity contribution in [2.75, 3.05) is 5.32 Å². The van der Waals surface area contributed by atoms with E-state index in [0.717, 1.165) is 5.52 Å². The van der Waals surface area contributed by atoms with Gasteiger partial charge in [-0.05, 0) is 30.3 Å². The highest BCUT2D eigenvalue weighted by Gasteiger charge is 2.15. The van der Waals surface area contributed by atoms with Crippen LogP contribution in [0.2, 0.25) is 5.02 Å². The maximum atomic E-state index is 13.6. The summed E-state index contributed by atoms with van der Waals surface area (Å²) in [5, 5.41) is 6.74. The van der Waals surface area contributed by atoms with Gasteiger partial charge in [-0.2, -0.15) is 5.10 Å². The summed E-state index contributed by atoms with van der Waals surface area (Å²) in [6.07, 6.45) is 3.35. The maximum absolute atomic E-state index is 13.6. The van der Waals surface area contributed by atoms with Crippen LogP contribution in [0.1, 0.15) is 10.4 Å². The summed E-state index contributed by atoms with van der Waals surface area (Å²) in [5.74, 6) is -1.24. The fourth-order valence-electron chi connectivity index (χ4n) is 1.91. The number of amides is 1. The topological polar surface area (TPSA) is 46.4 Å². The highest BCUT2D eigenvalue weighted by molar-refractivity contribution is 6.34. The number of aromatic nitrogens is 2. The van der Waals surface area contributed by atoms with Crippen LogP contribution in [-0.4, -0.2) is 15.5 Å². The Morgan fingerprint density at radius 2 is 2.15 bits per heavy atom. The molecule has 2 aromatic heterocycles. The first kappa shape index (κ1) is 12.6. The molecule has 4 nitrogen and oxygen atoms in total. The fourth-order valence-corrected chi connectivity index (χ4v) is 2.16. The number of carbonyl (C=O) groups is 1. The fraction of sp³-hybridized carbons (Fsp3) is 0. The lowest BCUT2D eigenvalue weighted by molar-refractivity contribution is 0.102. The summed E-state index contributed by atoms with van der Waals surface area (Å²) >= 11 is 5.85. The second-order valence-electron chi connectivity index (χ2n) is 4.17. The van der Waals surface area contributed by atoms with E-state index in [4.69, 9.17) is 11.6 Å². The molecule has 3 rings (SSSR count). The van der Waals surface area contributed by atoms with Crippen molar-refractivity contribution in [3.05, 3.63) is 65.2 Å². The summed E-state index contributed by atoms with van der Waals surface area (Å²) in [4.78, 5) is 12.1. The van der Waals surface area contributed by atoms with Crippen molar-refractivity contribution >= 4 is 28.7 Å². The highest BCUT2D eigenvalue weighted by Crippen LogP contribution is 2.21. The third kappa shape index (κ3) is 2.23. The number of anilines is 1. The van der Waals surface area contributed by atoms with E-state index in [1.165, 1.54) is 18.2 Å². The van der Waals surface area contributed by atoms with Crippen molar-refractivity contribution in [1.29, 1.82) is 0 Å². The van der Waals surface area contributed by atoms with Gasteiger partial charge in [0.15, 0.2) is 0 Å². The lowest BCUT2D eigenvalue weighted by Gasteiger charge is -2.08. The molecule has 0 bridgehead atoms. The lowest BCUT2D eigenvalue weighted by Crippen LogP contribution is -2.14. The van der Waals surface area contributed by atoms with E-state index in [1.807, 2.05) is 0 Å². The summed E-state index contributed by atoms with van der Waals surface area (Å²) in [5.41, 5.74) is 1.20. The van der Waals surface area contributed by atoms with E-state index in [1.54, 1.807) is 35.1 Å². The zero-order valence-electron chi connectivity index (χ0n) is 10.2. The molecular weight excluding hydrogens is 281 g/mol. The van der Waals surface area contributed by atoms with Crippen LogP contribution in [0.3, 0.4) is 0 Å². The van der Waals surface area contributed by atoms with Gasteiger partial charge in [0.2, 0.25) is 0 Å². The van der Waals surface area contributed by atoms with Gasteiger partial charge in [-0.1, -0.05) is 17.7 Å². The number of carbonyl (C=O) groups excluding carboxylic acids is 1. The lowest BCUT2D eigenvalue weighted by atomic mass is 10.2. The molecule has 0 aliphatic rings. The number of hydrogen-bond acceptors (Lipinski definition) is 2. The Bertz CT molecular complexity index is 780. The van der Waals surface area contributed by atoms with Crippen LogP contribution in [0.15, 0.2) is 48.8 Å². The molecule has 2 heterocycles. The zero-order chi connectivity index (χ0) is 14.1. The number of rotatable bonds is 2. The minimum atomic E-state index is -0.652. The van der Waals surface area contributed by atoms with Crippen molar-refractivity contribution in [2.45, 2.75) is 0 Å². The molecular formula is C14H9ClFN3O. The Labute approximate surface area is 118 Å². The van der Waals surface area contributed by atoms with Crippen molar-refractivity contribution in [3.63, 3.8) is 0 Å². The SMILES string of the molecule is O=C(Nc1ccn2nccc2c1)c1c(F)cccc1Cl. The average molecular weight is 290 g/mol. The zero-order valence-corrected chi connectivity index (χ0v) is 10.9. The molecule has 0 aliphatic carbocycles. The van der Waals surface area contributed by atoms with Gasteiger partial charge < -0.3 is 5.32 Å². The van der Waals surface area contributed by atoms with Crippen LogP contribution in [-0.2, 0) is 0 Å². The van der Waals surface area contributed by atoms with Crippen LogP contribution in [0, 0.1) is 5.82 Å². The molecule has 1 amide bonds. The van der Waals surface area contributed by atoms with Crippen LogP contribution in [0.25, 0.3) is 5.52 Å². The van der Waals surface area contributed by atoms with E-state index in [-0.39, 0.29) is 10.6 Å². The molecule has 20 heavy (non-hydrogen) atoms. The first-order valence-electron chi connectivity index (χ1n) is 5.84. The molecule has 1 N–H and O–H groups in total.